The molecule has 0 saturated carbocycles. The van der Waals surface area contributed by atoms with Crippen molar-refractivity contribution in [3.8, 4) is 11.5 Å². The van der Waals surface area contributed by atoms with E-state index in [1.54, 1.807) is 11.4 Å². The lowest BCUT2D eigenvalue weighted by molar-refractivity contribution is -0.386. The van der Waals surface area contributed by atoms with Crippen molar-refractivity contribution in [2.75, 3.05) is 7.11 Å². The second-order valence-electron chi connectivity index (χ2n) is 6.24. The normalized spacial score (nSPS) is 11.5. The van der Waals surface area contributed by atoms with Crippen molar-refractivity contribution in [3.63, 3.8) is 0 Å². The Bertz CT molecular complexity index is 1170. The number of hydrogen-bond donors (Lipinski definition) is 0. The van der Waals surface area contributed by atoms with Crippen LogP contribution >= 0.6 is 11.3 Å². The van der Waals surface area contributed by atoms with Crippen LogP contribution in [-0.2, 0) is 16.6 Å². The topological polar surface area (TPSA) is 108 Å². The predicted octanol–water partition coefficient (Wildman–Crippen LogP) is 4.36. The van der Waals surface area contributed by atoms with E-state index < -0.39 is 14.9 Å². The first-order chi connectivity index (χ1) is 14.3. The van der Waals surface area contributed by atoms with Crippen molar-refractivity contribution in [2.24, 2.45) is 4.40 Å². The third-order valence-electron chi connectivity index (χ3n) is 4.07. The minimum atomic E-state index is -3.88. The molecule has 3 rings (SSSR count). The predicted molar refractivity (Wildman–Crippen MR) is 114 cm³/mol. The van der Waals surface area contributed by atoms with Crippen molar-refractivity contribution in [1.82, 2.24) is 0 Å². The van der Waals surface area contributed by atoms with Gasteiger partial charge in [0.25, 0.3) is 10.0 Å². The molecule has 156 valence electrons. The zero-order valence-electron chi connectivity index (χ0n) is 16.1. The first-order valence-corrected chi connectivity index (χ1v) is 11.0. The standard InChI is InChI=1S/C20H18N2O6S2/c1-14-5-7-15(8-6-14)13-28-20-17(22(23)24)10-16(11-18(20)27-2)12-21-30(25,26)19-4-3-9-29-19/h3-12H,13H2,1-2H3/b21-12-. The third kappa shape index (κ3) is 5.02. The van der Waals surface area contributed by atoms with Crippen LogP contribution in [0.25, 0.3) is 0 Å². The highest BCUT2D eigenvalue weighted by Gasteiger charge is 2.23. The summed E-state index contributed by atoms with van der Waals surface area (Å²) >= 11 is 1.03. The maximum Gasteiger partial charge on any atom is 0.315 e. The molecule has 0 radical (unpaired) electrons. The fourth-order valence-corrected chi connectivity index (χ4v) is 4.39. The monoisotopic (exact) mass is 446 g/mol. The Labute approximate surface area is 177 Å². The minimum Gasteiger partial charge on any atom is -0.493 e. The molecule has 2 aromatic carbocycles. The van der Waals surface area contributed by atoms with E-state index >= 15 is 0 Å². The molecule has 0 saturated heterocycles. The Morgan fingerprint density at radius 1 is 1.20 bits per heavy atom. The van der Waals surface area contributed by atoms with Crippen LogP contribution in [0.2, 0.25) is 0 Å². The molecule has 0 aliphatic heterocycles. The molecule has 0 bridgehead atoms. The van der Waals surface area contributed by atoms with E-state index in [0.29, 0.717) is 0 Å². The molecule has 30 heavy (non-hydrogen) atoms. The maximum absolute atomic E-state index is 12.2. The lowest BCUT2D eigenvalue weighted by atomic mass is 10.1. The van der Waals surface area contributed by atoms with Gasteiger partial charge in [0, 0.05) is 17.8 Å². The van der Waals surface area contributed by atoms with Gasteiger partial charge in [-0.2, -0.15) is 12.8 Å². The maximum atomic E-state index is 12.2. The number of ether oxygens (including phenoxy) is 2. The summed E-state index contributed by atoms with van der Waals surface area (Å²) < 4.78 is 39.1. The van der Waals surface area contributed by atoms with E-state index in [2.05, 4.69) is 4.40 Å². The summed E-state index contributed by atoms with van der Waals surface area (Å²) in [6.45, 7) is 2.06. The molecule has 10 heteroatoms. The number of benzene rings is 2. The minimum absolute atomic E-state index is 0.0404. The van der Waals surface area contributed by atoms with Crippen molar-refractivity contribution >= 4 is 33.3 Å². The smallest absolute Gasteiger partial charge is 0.315 e. The zero-order valence-corrected chi connectivity index (χ0v) is 17.8. The van der Waals surface area contributed by atoms with Gasteiger partial charge in [0.2, 0.25) is 5.75 Å². The fraction of sp³-hybridized carbons (Fsp3) is 0.150. The molecule has 0 N–H and O–H groups in total. The molecular weight excluding hydrogens is 428 g/mol. The number of nitro benzene ring substituents is 1. The molecule has 0 aliphatic carbocycles. The first kappa shape index (κ1) is 21.5. The third-order valence-corrected chi connectivity index (χ3v) is 6.68. The van der Waals surface area contributed by atoms with E-state index in [0.717, 1.165) is 28.7 Å². The lowest BCUT2D eigenvalue weighted by Crippen LogP contribution is -2.03. The van der Waals surface area contributed by atoms with Crippen LogP contribution in [0.1, 0.15) is 16.7 Å². The van der Waals surface area contributed by atoms with Crippen molar-refractivity contribution in [3.05, 3.63) is 80.7 Å². The highest BCUT2D eigenvalue weighted by molar-refractivity contribution is 7.92. The van der Waals surface area contributed by atoms with E-state index in [-0.39, 0.29) is 33.6 Å². The Kier molecular flexibility index (Phi) is 6.48. The molecule has 0 unspecified atom stereocenters. The number of thiophene rings is 1. The summed E-state index contributed by atoms with van der Waals surface area (Å²) in [5, 5.41) is 13.2. The number of hydrogen-bond acceptors (Lipinski definition) is 7. The molecule has 0 spiro atoms. The van der Waals surface area contributed by atoms with Crippen molar-refractivity contribution in [2.45, 2.75) is 17.7 Å². The van der Waals surface area contributed by atoms with E-state index in [4.69, 9.17) is 9.47 Å². The number of nitro groups is 1. The fourth-order valence-electron chi connectivity index (χ4n) is 2.55. The summed E-state index contributed by atoms with van der Waals surface area (Å²) in [5.74, 6) is 0.0626. The zero-order chi connectivity index (χ0) is 21.7. The van der Waals surface area contributed by atoms with E-state index in [1.165, 1.54) is 25.3 Å². The number of methoxy groups -OCH3 is 1. The Balaban J connectivity index is 1.92. The quantitative estimate of drug-likeness (QED) is 0.289. The van der Waals surface area contributed by atoms with Crippen molar-refractivity contribution in [1.29, 1.82) is 0 Å². The molecule has 8 nitrogen and oxygen atoms in total. The van der Waals surface area contributed by atoms with E-state index in [9.17, 15) is 18.5 Å². The van der Waals surface area contributed by atoms with E-state index in [1.807, 2.05) is 31.2 Å². The first-order valence-electron chi connectivity index (χ1n) is 8.69. The average molecular weight is 447 g/mol. The Hall–Kier alpha value is -3.24. The molecule has 0 amide bonds. The molecule has 0 atom stereocenters. The molecule has 0 fully saturated rings. The van der Waals surface area contributed by atoms with Gasteiger partial charge in [-0.05, 0) is 30.0 Å². The van der Waals surface area contributed by atoms with Crippen LogP contribution in [0.3, 0.4) is 0 Å². The van der Waals surface area contributed by atoms with Crippen LogP contribution in [0.5, 0.6) is 11.5 Å². The molecule has 3 aromatic rings. The van der Waals surface area contributed by atoms with Gasteiger partial charge >= 0.3 is 5.69 Å². The van der Waals surface area contributed by atoms with Crippen LogP contribution in [0, 0.1) is 17.0 Å². The Morgan fingerprint density at radius 3 is 2.53 bits per heavy atom. The SMILES string of the molecule is COc1cc(/C=N\S(=O)(=O)c2cccs2)cc([N+](=O)[O-])c1OCc1ccc(C)cc1. The van der Waals surface area contributed by atoms with Gasteiger partial charge in [0.1, 0.15) is 10.8 Å². The Morgan fingerprint density at radius 2 is 1.93 bits per heavy atom. The van der Waals surface area contributed by atoms with Gasteiger partial charge in [0.15, 0.2) is 5.75 Å². The van der Waals surface area contributed by atoms with Gasteiger partial charge in [0.05, 0.1) is 12.0 Å². The highest BCUT2D eigenvalue weighted by atomic mass is 32.2. The number of rotatable bonds is 8. The number of aryl methyl sites for hydroxylation is 1. The average Bonchev–Trinajstić information content (AvgIpc) is 3.27. The van der Waals surface area contributed by atoms with Crippen LogP contribution in [0.15, 0.2) is 62.5 Å². The van der Waals surface area contributed by atoms with Crippen LogP contribution in [0.4, 0.5) is 5.69 Å². The highest BCUT2D eigenvalue weighted by Crippen LogP contribution is 2.38. The summed E-state index contributed by atoms with van der Waals surface area (Å²) in [6.07, 6.45) is 1.05. The van der Waals surface area contributed by atoms with Gasteiger partial charge in [-0.3, -0.25) is 10.1 Å². The van der Waals surface area contributed by atoms with Crippen LogP contribution < -0.4 is 9.47 Å². The van der Waals surface area contributed by atoms with Gasteiger partial charge < -0.3 is 9.47 Å². The lowest BCUT2D eigenvalue weighted by Gasteiger charge is -2.12. The summed E-state index contributed by atoms with van der Waals surface area (Å²) in [5.41, 5.74) is 1.77. The second-order valence-corrected chi connectivity index (χ2v) is 9.05. The summed E-state index contributed by atoms with van der Waals surface area (Å²) in [6, 6.07) is 13.2. The van der Waals surface area contributed by atoms with Gasteiger partial charge in [-0.15, -0.1) is 11.3 Å². The molecule has 1 aromatic heterocycles. The van der Waals surface area contributed by atoms with Crippen LogP contribution in [-0.4, -0.2) is 26.7 Å². The van der Waals surface area contributed by atoms with Crippen molar-refractivity contribution < 1.29 is 22.8 Å². The largest absolute Gasteiger partial charge is 0.493 e. The number of sulfonamides is 1. The van der Waals surface area contributed by atoms with Gasteiger partial charge in [-0.1, -0.05) is 35.9 Å². The molecule has 0 aliphatic rings. The second kappa shape index (κ2) is 9.06. The summed E-state index contributed by atoms with van der Waals surface area (Å²) in [4.78, 5) is 11.0. The summed E-state index contributed by atoms with van der Waals surface area (Å²) in [7, 11) is -2.53. The number of nitrogens with zero attached hydrogens (tertiary/aromatic N) is 2. The molecule has 1 heterocycles. The molecular formula is C20H18N2O6S2. The van der Waals surface area contributed by atoms with Gasteiger partial charge in [-0.25, -0.2) is 0 Å².